The summed E-state index contributed by atoms with van der Waals surface area (Å²) in [6, 6.07) is 0.426. The molecular weight excluding hydrogens is 213 g/mol. The van der Waals surface area contributed by atoms with Crippen molar-refractivity contribution in [1.29, 1.82) is 0 Å². The number of alkyl halides is 3. The Balaban J connectivity index is 4.08. The first-order valence-corrected chi connectivity index (χ1v) is 6.25. The highest BCUT2D eigenvalue weighted by Gasteiger charge is 2.46. The molecule has 0 rings (SSSR count). The van der Waals surface area contributed by atoms with Gasteiger partial charge in [-0.05, 0) is 6.04 Å². The van der Waals surface area contributed by atoms with Crippen LogP contribution in [0.3, 0.4) is 0 Å². The topological polar surface area (TPSA) is 43.4 Å². The maximum absolute atomic E-state index is 11.6. The minimum atomic E-state index is -5.31. The normalized spacial score (nSPS) is 14.3. The lowest BCUT2D eigenvalue weighted by Crippen LogP contribution is -2.26. The molecule has 3 nitrogen and oxygen atoms in total. The zero-order valence-corrected chi connectivity index (χ0v) is 8.62. The highest BCUT2D eigenvalue weighted by Crippen LogP contribution is 2.24. The van der Waals surface area contributed by atoms with Gasteiger partial charge in [0.1, 0.15) is 0 Å². The fourth-order valence-electron chi connectivity index (χ4n) is 0.380. The van der Waals surface area contributed by atoms with Gasteiger partial charge in [-0.25, -0.2) is 0 Å². The monoisotopic (exact) mass is 222 g/mol. The van der Waals surface area contributed by atoms with Gasteiger partial charge in [0.05, 0.1) is 0 Å². The number of halogens is 3. The Kier molecular flexibility index (Phi) is 4.21. The summed E-state index contributed by atoms with van der Waals surface area (Å²) in [5, 5.41) is 0. The molecule has 0 radical (unpaired) electrons. The molecule has 0 aliphatic heterocycles. The quantitative estimate of drug-likeness (QED) is 0.401. The molecule has 0 N–H and O–H groups in total. The maximum Gasteiger partial charge on any atom is 0.522 e. The van der Waals surface area contributed by atoms with Crippen LogP contribution in [-0.4, -0.2) is 23.7 Å². The molecule has 0 aromatic carbocycles. The van der Waals surface area contributed by atoms with Gasteiger partial charge in [0.15, 0.2) is 9.76 Å². The molecule has 0 atom stereocenters. The lowest BCUT2D eigenvalue weighted by Gasteiger charge is -2.07. The van der Waals surface area contributed by atoms with E-state index in [1.54, 1.807) is 6.92 Å². The third kappa shape index (κ3) is 3.54. The van der Waals surface area contributed by atoms with Crippen molar-refractivity contribution in [2.75, 3.05) is 0 Å². The second-order valence-corrected chi connectivity index (χ2v) is 5.50. The Hall–Kier alpha value is -0.0831. The molecule has 0 amide bonds. The van der Waals surface area contributed by atoms with E-state index in [2.05, 4.69) is 3.87 Å². The van der Waals surface area contributed by atoms with Gasteiger partial charge >= 0.3 is 15.6 Å². The summed E-state index contributed by atoms with van der Waals surface area (Å²) in [7, 11) is -6.89. The molecule has 8 heteroatoms. The van der Waals surface area contributed by atoms with E-state index in [0.29, 0.717) is 12.5 Å². The van der Waals surface area contributed by atoms with Gasteiger partial charge in [0.2, 0.25) is 0 Å². The molecule has 0 saturated carbocycles. The molecule has 0 aliphatic carbocycles. The van der Waals surface area contributed by atoms with Crippen LogP contribution >= 0.6 is 0 Å². The van der Waals surface area contributed by atoms with Crippen molar-refractivity contribution in [3.05, 3.63) is 0 Å². The Morgan fingerprint density at radius 3 is 2.25 bits per heavy atom. The smallest absolute Gasteiger partial charge is 0.316 e. The largest absolute Gasteiger partial charge is 0.522 e. The lowest BCUT2D eigenvalue weighted by atomic mass is 10.6. The van der Waals surface area contributed by atoms with Crippen molar-refractivity contribution in [2.45, 2.75) is 24.9 Å². The minimum absolute atomic E-state index is 0.426. The predicted molar refractivity (Wildman–Crippen MR) is 39.7 cm³/mol. The van der Waals surface area contributed by atoms with Crippen molar-refractivity contribution in [3.63, 3.8) is 0 Å². The van der Waals surface area contributed by atoms with Crippen molar-refractivity contribution < 1.29 is 25.5 Å². The minimum Gasteiger partial charge on any atom is -0.316 e. The third-order valence-electron chi connectivity index (χ3n) is 1.02. The summed E-state index contributed by atoms with van der Waals surface area (Å²) in [5.41, 5.74) is -5.27. The zero-order chi connectivity index (χ0) is 9.83. The van der Waals surface area contributed by atoms with E-state index in [4.69, 9.17) is 0 Å². The Bertz CT molecular complexity index is 222. The number of hydrogen-bond donors (Lipinski definition) is 0. The summed E-state index contributed by atoms with van der Waals surface area (Å²) in [6.45, 7) is 1.75. The Morgan fingerprint density at radius 1 is 1.42 bits per heavy atom. The first kappa shape index (κ1) is 11.9. The summed E-state index contributed by atoms with van der Waals surface area (Å²) in [4.78, 5) is 0. The molecule has 0 aromatic heterocycles. The Labute approximate surface area is 71.0 Å². The zero-order valence-electron chi connectivity index (χ0n) is 6.39. The van der Waals surface area contributed by atoms with E-state index in [0.717, 1.165) is 0 Å². The van der Waals surface area contributed by atoms with Gasteiger partial charge in [0.25, 0.3) is 0 Å². The first-order chi connectivity index (χ1) is 5.31. The van der Waals surface area contributed by atoms with Crippen LogP contribution in [0.25, 0.3) is 0 Å². The van der Waals surface area contributed by atoms with Crippen molar-refractivity contribution >= 4 is 19.9 Å². The van der Waals surface area contributed by atoms with Crippen LogP contribution in [0.4, 0.5) is 13.2 Å². The number of rotatable bonds is 4. The fraction of sp³-hybridized carbons (Fsp3) is 1.00. The van der Waals surface area contributed by atoms with Gasteiger partial charge in [-0.15, -0.1) is 0 Å². The van der Waals surface area contributed by atoms with Gasteiger partial charge in [0, 0.05) is 0 Å². The molecule has 0 saturated heterocycles. The highest BCUT2D eigenvalue weighted by atomic mass is 32.2. The first-order valence-electron chi connectivity index (χ1n) is 3.27. The summed E-state index contributed by atoms with van der Waals surface area (Å²) in [5.74, 6) is 0. The van der Waals surface area contributed by atoms with Crippen LogP contribution < -0.4 is 0 Å². The van der Waals surface area contributed by atoms with Gasteiger partial charge in [-0.1, -0.05) is 13.3 Å². The van der Waals surface area contributed by atoms with Gasteiger partial charge in [-0.2, -0.15) is 21.6 Å². The van der Waals surface area contributed by atoms with Crippen LogP contribution in [0.2, 0.25) is 6.04 Å². The van der Waals surface area contributed by atoms with E-state index >= 15 is 0 Å². The van der Waals surface area contributed by atoms with E-state index in [9.17, 15) is 21.6 Å². The fourth-order valence-corrected chi connectivity index (χ4v) is 2.55. The summed E-state index contributed by atoms with van der Waals surface area (Å²) >= 11 is 0. The molecule has 0 heterocycles. The van der Waals surface area contributed by atoms with Crippen molar-refractivity contribution in [3.8, 4) is 0 Å². The second kappa shape index (κ2) is 4.24. The van der Waals surface area contributed by atoms with E-state index in [1.807, 2.05) is 0 Å². The molecule has 0 aromatic rings. The average molecular weight is 222 g/mol. The van der Waals surface area contributed by atoms with Crippen LogP contribution in [0.1, 0.15) is 13.3 Å². The van der Waals surface area contributed by atoms with Crippen LogP contribution in [0, 0.1) is 0 Å². The predicted octanol–water partition coefficient (Wildman–Crippen LogP) is 0.765. The molecule has 74 valence electrons. The van der Waals surface area contributed by atoms with E-state index in [1.165, 1.54) is 0 Å². The van der Waals surface area contributed by atoms with Crippen LogP contribution in [-0.2, 0) is 14.0 Å². The molecule has 0 aliphatic rings. The molecule has 0 spiro atoms. The van der Waals surface area contributed by atoms with Gasteiger partial charge in [-0.3, -0.25) is 0 Å². The summed E-state index contributed by atoms with van der Waals surface area (Å²) in [6.07, 6.45) is 0.638. The SMILES string of the molecule is CCC[SiH2]OS(=O)(=O)C(F)(F)F. The number of hydrogen-bond acceptors (Lipinski definition) is 3. The second-order valence-electron chi connectivity index (χ2n) is 2.08. The molecule has 0 unspecified atom stereocenters. The average Bonchev–Trinajstić information content (AvgIpc) is 1.85. The van der Waals surface area contributed by atoms with Crippen molar-refractivity contribution in [1.82, 2.24) is 0 Å². The Morgan fingerprint density at radius 2 is 1.92 bits per heavy atom. The van der Waals surface area contributed by atoms with E-state index < -0.39 is 25.4 Å². The standard InChI is InChI=1S/C4H9F3O3SSi/c1-2-3-12-10-11(8,9)4(5,6)7/h2-3,12H2,1H3. The van der Waals surface area contributed by atoms with E-state index in [-0.39, 0.29) is 0 Å². The molecule has 12 heavy (non-hydrogen) atoms. The maximum atomic E-state index is 11.6. The third-order valence-corrected chi connectivity index (χ3v) is 4.49. The summed E-state index contributed by atoms with van der Waals surface area (Å²) < 4.78 is 59.0. The van der Waals surface area contributed by atoms with Crippen LogP contribution in [0.15, 0.2) is 0 Å². The van der Waals surface area contributed by atoms with Gasteiger partial charge < -0.3 is 3.87 Å². The van der Waals surface area contributed by atoms with Crippen LogP contribution in [0.5, 0.6) is 0 Å². The molecule has 0 fully saturated rings. The van der Waals surface area contributed by atoms with Crippen molar-refractivity contribution in [2.24, 2.45) is 0 Å². The highest BCUT2D eigenvalue weighted by molar-refractivity contribution is 7.88. The lowest BCUT2D eigenvalue weighted by molar-refractivity contribution is -0.0499. The molecular formula is C4H9F3O3SSi. The molecule has 0 bridgehead atoms.